The van der Waals surface area contributed by atoms with Crippen LogP contribution in [0.25, 0.3) is 0 Å². The van der Waals surface area contributed by atoms with Gasteiger partial charge >= 0.3 is 0 Å². The second-order valence-electron chi connectivity index (χ2n) is 7.89. The van der Waals surface area contributed by atoms with Crippen LogP contribution in [0.4, 0.5) is 5.69 Å². The van der Waals surface area contributed by atoms with Gasteiger partial charge in [-0.05, 0) is 55.9 Å². The molecule has 8 heteroatoms. The molecule has 1 aromatic heterocycles. The summed E-state index contributed by atoms with van der Waals surface area (Å²) in [5.41, 5.74) is 1.39. The highest BCUT2D eigenvalue weighted by Crippen LogP contribution is 2.36. The maximum atomic E-state index is 13.1. The second kappa shape index (κ2) is 8.98. The number of aryl methyl sites for hydroxylation is 1. The number of piperidine rings is 1. The minimum atomic E-state index is -0.113. The summed E-state index contributed by atoms with van der Waals surface area (Å²) in [7, 11) is 1.84. The smallest absolute Gasteiger partial charge is 0.254 e. The first-order valence-electron chi connectivity index (χ1n) is 10.3. The Morgan fingerprint density at radius 1 is 1.14 bits per heavy atom. The highest BCUT2D eigenvalue weighted by atomic mass is 32.2. The van der Waals surface area contributed by atoms with E-state index in [1.807, 2.05) is 19.2 Å². The van der Waals surface area contributed by atoms with Gasteiger partial charge in [0.1, 0.15) is 6.33 Å². The maximum absolute atomic E-state index is 13.1. The quantitative estimate of drug-likeness (QED) is 0.761. The van der Waals surface area contributed by atoms with Gasteiger partial charge in [-0.3, -0.25) is 9.59 Å². The number of benzene rings is 1. The topological polar surface area (TPSA) is 80.1 Å². The molecular formula is C21H27N5O2S. The van der Waals surface area contributed by atoms with Crippen LogP contribution in [0.2, 0.25) is 0 Å². The molecule has 2 atom stereocenters. The van der Waals surface area contributed by atoms with Crippen LogP contribution in [0.3, 0.4) is 0 Å². The van der Waals surface area contributed by atoms with Gasteiger partial charge in [0, 0.05) is 30.9 Å². The number of carbonyl (C=O) groups excluding carboxylic acids is 2. The lowest BCUT2D eigenvalue weighted by Gasteiger charge is -2.44. The van der Waals surface area contributed by atoms with Crippen molar-refractivity contribution in [2.75, 3.05) is 17.6 Å². The van der Waals surface area contributed by atoms with Gasteiger partial charge in [0.15, 0.2) is 5.16 Å². The van der Waals surface area contributed by atoms with Gasteiger partial charge in [-0.15, -0.1) is 10.2 Å². The first kappa shape index (κ1) is 19.9. The fraction of sp³-hybridized carbons (Fsp3) is 0.524. The number of fused-ring (bicyclic) bond motifs is 1. The fourth-order valence-electron chi connectivity index (χ4n) is 4.47. The molecule has 29 heavy (non-hydrogen) atoms. The number of amides is 2. The van der Waals surface area contributed by atoms with Gasteiger partial charge in [0.05, 0.1) is 5.75 Å². The normalized spacial score (nSPS) is 21.5. The lowest BCUT2D eigenvalue weighted by atomic mass is 9.78. The van der Waals surface area contributed by atoms with Crippen molar-refractivity contribution in [2.45, 2.75) is 49.7 Å². The SMILES string of the molecule is Cn1cnnc1SCC(=O)Nc1ccc(C(=O)N2CCC[C@@H]3CCCC[C@H]32)cc1. The molecule has 2 heterocycles. The second-order valence-corrected chi connectivity index (χ2v) is 8.83. The summed E-state index contributed by atoms with van der Waals surface area (Å²) in [5, 5.41) is 11.3. The third-order valence-corrected chi connectivity index (χ3v) is 6.96. The summed E-state index contributed by atoms with van der Waals surface area (Å²) in [4.78, 5) is 27.3. The zero-order valence-corrected chi connectivity index (χ0v) is 17.5. The highest BCUT2D eigenvalue weighted by Gasteiger charge is 2.35. The molecule has 1 saturated carbocycles. The molecule has 1 aliphatic carbocycles. The van der Waals surface area contributed by atoms with Crippen molar-refractivity contribution in [3.63, 3.8) is 0 Å². The van der Waals surface area contributed by atoms with E-state index in [-0.39, 0.29) is 17.6 Å². The van der Waals surface area contributed by atoms with Gasteiger partial charge in [0.2, 0.25) is 5.91 Å². The van der Waals surface area contributed by atoms with E-state index in [1.54, 1.807) is 23.0 Å². The van der Waals surface area contributed by atoms with E-state index in [9.17, 15) is 9.59 Å². The molecule has 0 spiro atoms. The molecule has 0 unspecified atom stereocenters. The van der Waals surface area contributed by atoms with Crippen molar-refractivity contribution in [1.29, 1.82) is 0 Å². The van der Waals surface area contributed by atoms with E-state index in [0.717, 1.165) is 19.4 Å². The average Bonchev–Trinajstić information content (AvgIpc) is 3.16. The van der Waals surface area contributed by atoms with Crippen LogP contribution in [-0.2, 0) is 11.8 Å². The van der Waals surface area contributed by atoms with Crippen molar-refractivity contribution in [2.24, 2.45) is 13.0 Å². The summed E-state index contributed by atoms with van der Waals surface area (Å²) in [5.74, 6) is 0.936. The predicted molar refractivity (Wildman–Crippen MR) is 113 cm³/mol. The molecule has 7 nitrogen and oxygen atoms in total. The van der Waals surface area contributed by atoms with Crippen LogP contribution in [0.1, 0.15) is 48.9 Å². The van der Waals surface area contributed by atoms with Crippen LogP contribution in [0, 0.1) is 5.92 Å². The number of carbonyl (C=O) groups is 2. The molecule has 0 radical (unpaired) electrons. The molecular weight excluding hydrogens is 386 g/mol. The average molecular weight is 414 g/mol. The zero-order valence-electron chi connectivity index (χ0n) is 16.7. The number of hydrogen-bond donors (Lipinski definition) is 1. The maximum Gasteiger partial charge on any atom is 0.254 e. The summed E-state index contributed by atoms with van der Waals surface area (Å²) in [6.45, 7) is 0.859. The number of hydrogen-bond acceptors (Lipinski definition) is 5. The number of thioether (sulfide) groups is 1. The van der Waals surface area contributed by atoms with Gasteiger partial charge in [0.25, 0.3) is 5.91 Å². The van der Waals surface area contributed by atoms with E-state index >= 15 is 0 Å². The summed E-state index contributed by atoms with van der Waals surface area (Å²) >= 11 is 1.33. The predicted octanol–water partition coefficient (Wildman–Crippen LogP) is 3.34. The van der Waals surface area contributed by atoms with Crippen molar-refractivity contribution in [1.82, 2.24) is 19.7 Å². The number of nitrogens with one attached hydrogen (secondary N) is 1. The van der Waals surface area contributed by atoms with E-state index < -0.39 is 0 Å². The van der Waals surface area contributed by atoms with Gasteiger partial charge in [-0.25, -0.2) is 0 Å². The number of aromatic nitrogens is 3. The van der Waals surface area contributed by atoms with Gasteiger partial charge < -0.3 is 14.8 Å². The van der Waals surface area contributed by atoms with Crippen LogP contribution in [0.15, 0.2) is 35.7 Å². The highest BCUT2D eigenvalue weighted by molar-refractivity contribution is 7.99. The summed E-state index contributed by atoms with van der Waals surface area (Å²) < 4.78 is 1.77. The fourth-order valence-corrected chi connectivity index (χ4v) is 5.16. The molecule has 1 aliphatic heterocycles. The van der Waals surface area contributed by atoms with Crippen molar-refractivity contribution >= 4 is 29.3 Å². The Bertz CT molecular complexity index is 864. The molecule has 2 aromatic rings. The minimum absolute atomic E-state index is 0.113. The van der Waals surface area contributed by atoms with E-state index in [4.69, 9.17) is 0 Å². The Hall–Kier alpha value is -2.35. The Kier molecular flexibility index (Phi) is 6.18. The van der Waals surface area contributed by atoms with Gasteiger partial charge in [-0.1, -0.05) is 24.6 Å². The summed E-state index contributed by atoms with van der Waals surface area (Å²) in [6.07, 6.45) is 8.87. The Balaban J connectivity index is 1.34. The Labute approximate surface area is 175 Å². The minimum Gasteiger partial charge on any atom is -0.335 e. The molecule has 154 valence electrons. The molecule has 1 aromatic carbocycles. The van der Waals surface area contributed by atoms with Gasteiger partial charge in [-0.2, -0.15) is 0 Å². The van der Waals surface area contributed by atoms with Crippen LogP contribution in [-0.4, -0.2) is 49.8 Å². The van der Waals surface area contributed by atoms with Crippen LogP contribution >= 0.6 is 11.8 Å². The lowest BCUT2D eigenvalue weighted by molar-refractivity contribution is -0.113. The van der Waals surface area contributed by atoms with E-state index in [1.165, 1.54) is 37.4 Å². The first-order chi connectivity index (χ1) is 14.1. The molecule has 2 aliphatic rings. The number of likely N-dealkylation sites (tertiary alicyclic amines) is 1. The van der Waals surface area contributed by atoms with Crippen molar-refractivity contribution in [3.8, 4) is 0 Å². The number of nitrogens with zero attached hydrogens (tertiary/aromatic N) is 4. The zero-order chi connectivity index (χ0) is 20.2. The third kappa shape index (κ3) is 4.63. The Morgan fingerprint density at radius 3 is 2.66 bits per heavy atom. The summed E-state index contributed by atoms with van der Waals surface area (Å²) in [6, 6.07) is 7.66. The number of anilines is 1. The van der Waals surface area contributed by atoms with Crippen molar-refractivity contribution in [3.05, 3.63) is 36.2 Å². The number of rotatable bonds is 5. The monoisotopic (exact) mass is 413 g/mol. The molecule has 2 fully saturated rings. The first-order valence-corrected chi connectivity index (χ1v) is 11.3. The van der Waals surface area contributed by atoms with E-state index in [2.05, 4.69) is 20.4 Å². The molecule has 1 N–H and O–H groups in total. The van der Waals surface area contributed by atoms with Crippen LogP contribution in [0.5, 0.6) is 0 Å². The molecule has 4 rings (SSSR count). The molecule has 2 amide bonds. The molecule has 0 bridgehead atoms. The van der Waals surface area contributed by atoms with Crippen molar-refractivity contribution < 1.29 is 9.59 Å². The lowest BCUT2D eigenvalue weighted by Crippen LogP contribution is -2.49. The molecule has 1 saturated heterocycles. The standard InChI is InChI=1S/C21H27N5O2S/c1-25-14-22-24-21(25)29-13-19(27)23-17-10-8-16(9-11-17)20(28)26-12-4-6-15-5-2-3-7-18(15)26/h8-11,14-15,18H,2-7,12-13H2,1H3,(H,23,27)/t15-,18+/m0/s1. The largest absolute Gasteiger partial charge is 0.335 e. The van der Waals surface area contributed by atoms with Crippen LogP contribution < -0.4 is 5.32 Å². The van der Waals surface area contributed by atoms with E-state index in [0.29, 0.717) is 28.4 Å². The third-order valence-electron chi connectivity index (χ3n) is 5.92. The Morgan fingerprint density at radius 2 is 1.90 bits per heavy atom.